The summed E-state index contributed by atoms with van der Waals surface area (Å²) in [7, 11) is 2.09. The molecule has 0 aliphatic heterocycles. The van der Waals surface area contributed by atoms with Crippen LogP contribution in [-0.4, -0.2) is 21.9 Å². The minimum atomic E-state index is 0.0225. The highest BCUT2D eigenvalue weighted by molar-refractivity contribution is 7.09. The predicted molar refractivity (Wildman–Crippen MR) is 74.1 cm³/mol. The molecule has 0 spiro atoms. The normalized spacial score (nSPS) is 12.9. The lowest BCUT2D eigenvalue weighted by atomic mass is 10.2. The summed E-state index contributed by atoms with van der Waals surface area (Å²) in [5.74, 6) is 0. The fourth-order valence-corrected chi connectivity index (χ4v) is 2.51. The molecule has 2 aromatic rings. The summed E-state index contributed by atoms with van der Waals surface area (Å²) < 4.78 is 0. The number of rotatable bonds is 5. The molecule has 0 fully saturated rings. The van der Waals surface area contributed by atoms with Crippen molar-refractivity contribution in [1.29, 1.82) is 0 Å². The Morgan fingerprint density at radius 1 is 1.33 bits per heavy atom. The van der Waals surface area contributed by atoms with Crippen LogP contribution in [0.2, 0.25) is 0 Å². The molecule has 4 nitrogen and oxygen atoms in total. The Bertz CT molecular complexity index is 481. The van der Waals surface area contributed by atoms with Gasteiger partial charge in [0, 0.05) is 30.9 Å². The van der Waals surface area contributed by atoms with Crippen LogP contribution in [0.25, 0.3) is 0 Å². The Labute approximate surface area is 111 Å². The first-order valence-electron chi connectivity index (χ1n) is 5.92. The molecule has 2 aromatic heterocycles. The van der Waals surface area contributed by atoms with E-state index in [0.717, 1.165) is 23.8 Å². The highest BCUT2D eigenvalue weighted by Gasteiger charge is 2.08. The van der Waals surface area contributed by atoms with Crippen LogP contribution in [0.3, 0.4) is 0 Å². The van der Waals surface area contributed by atoms with E-state index in [-0.39, 0.29) is 6.04 Å². The highest BCUT2D eigenvalue weighted by Crippen LogP contribution is 2.17. The monoisotopic (exact) mass is 262 g/mol. The molecule has 2 N–H and O–H groups in total. The maximum absolute atomic E-state index is 5.81. The molecule has 0 bridgehead atoms. The highest BCUT2D eigenvalue weighted by atomic mass is 32.1. The summed E-state index contributed by atoms with van der Waals surface area (Å²) >= 11 is 1.63. The minimum absolute atomic E-state index is 0.0225. The molecule has 1 atom stereocenters. The van der Waals surface area contributed by atoms with Crippen molar-refractivity contribution in [3.05, 3.63) is 46.2 Å². The molecular weight excluding hydrogens is 244 g/mol. The van der Waals surface area contributed by atoms with E-state index in [1.165, 1.54) is 5.56 Å². The van der Waals surface area contributed by atoms with Crippen molar-refractivity contribution in [3.63, 3.8) is 0 Å². The number of nitrogens with two attached hydrogens (primary N) is 1. The van der Waals surface area contributed by atoms with Gasteiger partial charge in [-0.3, -0.25) is 9.88 Å². The van der Waals surface area contributed by atoms with Crippen molar-refractivity contribution in [2.24, 2.45) is 5.73 Å². The van der Waals surface area contributed by atoms with Crippen molar-refractivity contribution >= 4 is 11.3 Å². The van der Waals surface area contributed by atoms with Crippen molar-refractivity contribution in [2.45, 2.75) is 26.1 Å². The van der Waals surface area contributed by atoms with Gasteiger partial charge in [0.25, 0.3) is 0 Å². The van der Waals surface area contributed by atoms with Gasteiger partial charge in [0.2, 0.25) is 0 Å². The molecule has 1 unspecified atom stereocenters. The molecular formula is C13H18N4S. The van der Waals surface area contributed by atoms with Gasteiger partial charge >= 0.3 is 0 Å². The zero-order valence-corrected chi connectivity index (χ0v) is 11.5. The molecule has 5 heteroatoms. The molecule has 0 saturated carbocycles. The van der Waals surface area contributed by atoms with E-state index >= 15 is 0 Å². The summed E-state index contributed by atoms with van der Waals surface area (Å²) in [6, 6.07) is 4.09. The quantitative estimate of drug-likeness (QED) is 0.897. The van der Waals surface area contributed by atoms with Gasteiger partial charge in [0.1, 0.15) is 5.01 Å². The third kappa shape index (κ3) is 3.60. The average Bonchev–Trinajstić information content (AvgIpc) is 2.78. The number of nitrogens with zero attached hydrogens (tertiary/aromatic N) is 3. The Morgan fingerprint density at radius 2 is 2.06 bits per heavy atom. The third-order valence-corrected chi connectivity index (χ3v) is 3.69. The molecule has 0 saturated heterocycles. The maximum atomic E-state index is 5.81. The fraction of sp³-hybridized carbons (Fsp3) is 0.385. The Morgan fingerprint density at radius 3 is 2.67 bits per heavy atom. The van der Waals surface area contributed by atoms with Crippen LogP contribution >= 0.6 is 11.3 Å². The van der Waals surface area contributed by atoms with E-state index in [1.54, 1.807) is 11.3 Å². The van der Waals surface area contributed by atoms with Crippen molar-refractivity contribution in [3.8, 4) is 0 Å². The maximum Gasteiger partial charge on any atom is 0.109 e. The molecule has 2 heterocycles. The fourth-order valence-electron chi connectivity index (χ4n) is 1.74. The Kier molecular flexibility index (Phi) is 4.41. The van der Waals surface area contributed by atoms with Crippen molar-refractivity contribution < 1.29 is 0 Å². The third-order valence-electron chi connectivity index (χ3n) is 2.59. The molecule has 2 rings (SSSR count). The molecule has 0 aliphatic carbocycles. The lowest BCUT2D eigenvalue weighted by molar-refractivity contribution is 0.315. The van der Waals surface area contributed by atoms with Crippen LogP contribution in [-0.2, 0) is 13.1 Å². The van der Waals surface area contributed by atoms with E-state index in [2.05, 4.69) is 27.3 Å². The zero-order chi connectivity index (χ0) is 13.0. The second-order valence-electron chi connectivity index (χ2n) is 4.49. The molecule has 0 amide bonds. The lowest BCUT2D eigenvalue weighted by Crippen LogP contribution is -2.17. The van der Waals surface area contributed by atoms with Gasteiger partial charge in [-0.1, -0.05) is 0 Å². The zero-order valence-electron chi connectivity index (χ0n) is 10.7. The number of hydrogen-bond donors (Lipinski definition) is 1. The second kappa shape index (κ2) is 6.04. The van der Waals surface area contributed by atoms with Crippen molar-refractivity contribution in [2.75, 3.05) is 7.05 Å². The number of thiazole rings is 1. The van der Waals surface area contributed by atoms with E-state index in [1.807, 2.05) is 31.5 Å². The van der Waals surface area contributed by atoms with Crippen LogP contribution < -0.4 is 5.73 Å². The molecule has 18 heavy (non-hydrogen) atoms. The van der Waals surface area contributed by atoms with E-state index in [9.17, 15) is 0 Å². The first kappa shape index (κ1) is 13.1. The van der Waals surface area contributed by atoms with E-state index in [0.29, 0.717) is 0 Å². The Balaban J connectivity index is 1.92. The van der Waals surface area contributed by atoms with E-state index in [4.69, 9.17) is 5.73 Å². The van der Waals surface area contributed by atoms with Crippen LogP contribution in [0, 0.1) is 0 Å². The predicted octanol–water partition coefficient (Wildman–Crippen LogP) is 2.19. The van der Waals surface area contributed by atoms with Gasteiger partial charge in [-0.25, -0.2) is 4.98 Å². The van der Waals surface area contributed by atoms with Crippen LogP contribution in [0.4, 0.5) is 0 Å². The first-order valence-corrected chi connectivity index (χ1v) is 6.80. The largest absolute Gasteiger partial charge is 0.322 e. The summed E-state index contributed by atoms with van der Waals surface area (Å²) in [5.41, 5.74) is 8.16. The standard InChI is InChI=1S/C13H18N4S/c1-10(14)13-16-12(9-18-13)8-17(2)7-11-3-5-15-6-4-11/h3-6,9-10H,7-8,14H2,1-2H3. The van der Waals surface area contributed by atoms with Crippen LogP contribution in [0.1, 0.15) is 29.2 Å². The van der Waals surface area contributed by atoms with Gasteiger partial charge in [0.15, 0.2) is 0 Å². The van der Waals surface area contributed by atoms with E-state index < -0.39 is 0 Å². The van der Waals surface area contributed by atoms with Crippen LogP contribution in [0.15, 0.2) is 29.9 Å². The first-order chi connectivity index (χ1) is 8.65. The van der Waals surface area contributed by atoms with Crippen LogP contribution in [0.5, 0.6) is 0 Å². The summed E-state index contributed by atoms with van der Waals surface area (Å²) in [5, 5.41) is 3.09. The lowest BCUT2D eigenvalue weighted by Gasteiger charge is -2.15. The summed E-state index contributed by atoms with van der Waals surface area (Å²) in [6.07, 6.45) is 3.64. The topological polar surface area (TPSA) is 55.0 Å². The molecule has 0 aliphatic rings. The number of pyridine rings is 1. The number of hydrogen-bond acceptors (Lipinski definition) is 5. The summed E-state index contributed by atoms with van der Waals surface area (Å²) in [4.78, 5) is 10.8. The Hall–Kier alpha value is -1.30. The average molecular weight is 262 g/mol. The van der Waals surface area contributed by atoms with Gasteiger partial charge in [-0.05, 0) is 31.7 Å². The molecule has 96 valence electrons. The van der Waals surface area contributed by atoms with Gasteiger partial charge in [-0.2, -0.15) is 0 Å². The van der Waals surface area contributed by atoms with Crippen molar-refractivity contribution in [1.82, 2.24) is 14.9 Å². The smallest absolute Gasteiger partial charge is 0.109 e. The number of aromatic nitrogens is 2. The molecule has 0 aromatic carbocycles. The van der Waals surface area contributed by atoms with Gasteiger partial charge in [0.05, 0.1) is 11.7 Å². The van der Waals surface area contributed by atoms with Gasteiger partial charge in [-0.15, -0.1) is 11.3 Å². The molecule has 0 radical (unpaired) electrons. The summed E-state index contributed by atoms with van der Waals surface area (Å²) in [6.45, 7) is 3.70. The minimum Gasteiger partial charge on any atom is -0.322 e. The second-order valence-corrected chi connectivity index (χ2v) is 5.38. The van der Waals surface area contributed by atoms with Gasteiger partial charge < -0.3 is 5.73 Å². The SMILES string of the molecule is CC(N)c1nc(CN(C)Cc2ccncc2)cs1.